The summed E-state index contributed by atoms with van der Waals surface area (Å²) in [5.41, 5.74) is 3.00. The standard InChI is InChI=1S/C13H19N5OS2/c1-9-11(21-8-15-9)5-7-20-13-17-16-12(18(13)14)10-4-2-3-6-19-10/h8,10H,2-7,14H2,1H3. The smallest absolute Gasteiger partial charge is 0.209 e. The fraction of sp³-hybridized carbons (Fsp3) is 0.615. The van der Waals surface area contributed by atoms with Crippen molar-refractivity contribution in [3.8, 4) is 0 Å². The van der Waals surface area contributed by atoms with Gasteiger partial charge in [0.25, 0.3) is 0 Å². The number of hydrogen-bond donors (Lipinski definition) is 1. The highest BCUT2D eigenvalue weighted by Gasteiger charge is 2.23. The topological polar surface area (TPSA) is 78.9 Å². The lowest BCUT2D eigenvalue weighted by Crippen LogP contribution is -2.21. The van der Waals surface area contributed by atoms with E-state index in [4.69, 9.17) is 10.6 Å². The Balaban J connectivity index is 1.58. The number of ether oxygens (including phenoxy) is 1. The Bertz CT molecular complexity index is 591. The van der Waals surface area contributed by atoms with Crippen LogP contribution in [-0.2, 0) is 11.2 Å². The third-order valence-corrected chi connectivity index (χ3v) is 5.50. The van der Waals surface area contributed by atoms with E-state index < -0.39 is 0 Å². The molecule has 1 aliphatic heterocycles. The van der Waals surface area contributed by atoms with Gasteiger partial charge in [-0.05, 0) is 32.6 Å². The first-order valence-electron chi connectivity index (χ1n) is 7.09. The number of nitrogen functional groups attached to an aromatic ring is 1. The van der Waals surface area contributed by atoms with Crippen LogP contribution in [0.2, 0.25) is 0 Å². The van der Waals surface area contributed by atoms with Gasteiger partial charge < -0.3 is 10.6 Å². The largest absolute Gasteiger partial charge is 0.370 e. The zero-order valence-electron chi connectivity index (χ0n) is 12.0. The second kappa shape index (κ2) is 6.76. The summed E-state index contributed by atoms with van der Waals surface area (Å²) in [4.78, 5) is 5.58. The van der Waals surface area contributed by atoms with Gasteiger partial charge in [0.1, 0.15) is 6.10 Å². The predicted molar refractivity (Wildman–Crippen MR) is 84.0 cm³/mol. The van der Waals surface area contributed by atoms with Gasteiger partial charge in [0.2, 0.25) is 5.16 Å². The van der Waals surface area contributed by atoms with Crippen LogP contribution < -0.4 is 5.84 Å². The normalized spacial score (nSPS) is 19.0. The molecule has 2 aromatic rings. The molecular weight excluding hydrogens is 306 g/mol. The number of rotatable bonds is 5. The lowest BCUT2D eigenvalue weighted by molar-refractivity contribution is 0.00780. The minimum atomic E-state index is -0.00524. The number of aromatic nitrogens is 4. The highest BCUT2D eigenvalue weighted by molar-refractivity contribution is 7.99. The summed E-state index contributed by atoms with van der Waals surface area (Å²) >= 11 is 3.32. The third-order valence-electron chi connectivity index (χ3n) is 3.56. The van der Waals surface area contributed by atoms with Gasteiger partial charge in [0.15, 0.2) is 5.82 Å². The SMILES string of the molecule is Cc1ncsc1CCSc1nnc(C2CCCCO2)n1N. The zero-order chi connectivity index (χ0) is 14.7. The monoisotopic (exact) mass is 325 g/mol. The predicted octanol–water partition coefficient (Wildman–Crippen LogP) is 2.33. The first kappa shape index (κ1) is 14.8. The van der Waals surface area contributed by atoms with E-state index in [9.17, 15) is 0 Å². The van der Waals surface area contributed by atoms with E-state index in [1.54, 1.807) is 27.8 Å². The summed E-state index contributed by atoms with van der Waals surface area (Å²) in [6, 6.07) is 0. The molecule has 6 nitrogen and oxygen atoms in total. The molecule has 1 aliphatic rings. The Kier molecular flexibility index (Phi) is 4.77. The second-order valence-electron chi connectivity index (χ2n) is 5.03. The highest BCUT2D eigenvalue weighted by Crippen LogP contribution is 2.28. The lowest BCUT2D eigenvalue weighted by Gasteiger charge is -2.21. The molecule has 0 saturated carbocycles. The van der Waals surface area contributed by atoms with Crippen LogP contribution in [0.3, 0.4) is 0 Å². The van der Waals surface area contributed by atoms with Crippen LogP contribution in [0.25, 0.3) is 0 Å². The van der Waals surface area contributed by atoms with Crippen molar-refractivity contribution in [3.63, 3.8) is 0 Å². The number of thiazole rings is 1. The third kappa shape index (κ3) is 3.38. The summed E-state index contributed by atoms with van der Waals surface area (Å²) in [7, 11) is 0. The molecule has 0 spiro atoms. The van der Waals surface area contributed by atoms with E-state index in [0.29, 0.717) is 0 Å². The molecule has 0 aromatic carbocycles. The van der Waals surface area contributed by atoms with Crippen molar-refractivity contribution in [2.24, 2.45) is 0 Å². The van der Waals surface area contributed by atoms with Crippen molar-refractivity contribution in [1.82, 2.24) is 19.9 Å². The van der Waals surface area contributed by atoms with E-state index >= 15 is 0 Å². The van der Waals surface area contributed by atoms with Crippen molar-refractivity contribution < 1.29 is 4.74 Å². The van der Waals surface area contributed by atoms with Crippen LogP contribution in [0, 0.1) is 6.92 Å². The molecule has 0 bridgehead atoms. The van der Waals surface area contributed by atoms with Gasteiger partial charge in [0, 0.05) is 17.2 Å². The fourth-order valence-electron chi connectivity index (χ4n) is 2.35. The van der Waals surface area contributed by atoms with Crippen LogP contribution in [0.4, 0.5) is 0 Å². The summed E-state index contributed by atoms with van der Waals surface area (Å²) in [6.07, 6.45) is 4.22. The van der Waals surface area contributed by atoms with Crippen LogP contribution in [-0.4, -0.2) is 32.2 Å². The Labute approximate surface area is 132 Å². The van der Waals surface area contributed by atoms with E-state index in [2.05, 4.69) is 15.2 Å². The van der Waals surface area contributed by atoms with E-state index in [1.807, 2.05) is 12.4 Å². The van der Waals surface area contributed by atoms with Crippen LogP contribution in [0.15, 0.2) is 10.7 Å². The molecule has 2 N–H and O–H groups in total. The Morgan fingerprint density at radius 2 is 2.38 bits per heavy atom. The number of thioether (sulfide) groups is 1. The van der Waals surface area contributed by atoms with Crippen LogP contribution >= 0.6 is 23.1 Å². The molecule has 1 saturated heterocycles. The Hall–Kier alpha value is -1.12. The number of nitrogens with two attached hydrogens (primary N) is 1. The van der Waals surface area contributed by atoms with E-state index in [-0.39, 0.29) is 6.10 Å². The molecule has 114 valence electrons. The minimum absolute atomic E-state index is 0.00524. The van der Waals surface area contributed by atoms with Crippen molar-refractivity contribution in [1.29, 1.82) is 0 Å². The van der Waals surface area contributed by atoms with Crippen molar-refractivity contribution in [2.45, 2.75) is 43.9 Å². The quantitative estimate of drug-likeness (QED) is 0.671. The maximum absolute atomic E-state index is 6.10. The summed E-state index contributed by atoms with van der Waals surface area (Å²) in [5.74, 6) is 7.77. The van der Waals surface area contributed by atoms with Gasteiger partial charge in [-0.1, -0.05) is 11.8 Å². The van der Waals surface area contributed by atoms with Gasteiger partial charge in [0.05, 0.1) is 11.2 Å². The molecule has 3 rings (SSSR count). The number of nitrogens with zero attached hydrogens (tertiary/aromatic N) is 4. The molecule has 21 heavy (non-hydrogen) atoms. The van der Waals surface area contributed by atoms with Gasteiger partial charge in [-0.25, -0.2) is 9.66 Å². The molecule has 0 aliphatic carbocycles. The van der Waals surface area contributed by atoms with Crippen molar-refractivity contribution in [3.05, 3.63) is 21.9 Å². The average molecular weight is 325 g/mol. The molecule has 8 heteroatoms. The molecule has 0 radical (unpaired) electrons. The second-order valence-corrected chi connectivity index (χ2v) is 7.03. The van der Waals surface area contributed by atoms with Crippen molar-refractivity contribution >= 4 is 23.1 Å². The molecule has 1 unspecified atom stereocenters. The summed E-state index contributed by atoms with van der Waals surface area (Å²) in [5, 5.41) is 9.15. The summed E-state index contributed by atoms with van der Waals surface area (Å²) in [6.45, 7) is 2.82. The van der Waals surface area contributed by atoms with Crippen LogP contribution in [0.5, 0.6) is 0 Å². The Morgan fingerprint density at radius 1 is 1.48 bits per heavy atom. The molecule has 1 fully saturated rings. The molecule has 1 atom stereocenters. The first-order chi connectivity index (χ1) is 10.3. The molecule has 0 amide bonds. The van der Waals surface area contributed by atoms with Gasteiger partial charge in [-0.3, -0.25) is 0 Å². The molecule has 2 aromatic heterocycles. The van der Waals surface area contributed by atoms with Crippen LogP contribution in [0.1, 0.15) is 41.8 Å². The van der Waals surface area contributed by atoms with E-state index in [1.165, 1.54) is 4.88 Å². The maximum Gasteiger partial charge on any atom is 0.209 e. The number of hydrogen-bond acceptors (Lipinski definition) is 7. The molecule has 3 heterocycles. The molecular formula is C13H19N5OS2. The first-order valence-corrected chi connectivity index (χ1v) is 8.96. The average Bonchev–Trinajstić information content (AvgIpc) is 3.07. The highest BCUT2D eigenvalue weighted by atomic mass is 32.2. The Morgan fingerprint density at radius 3 is 3.10 bits per heavy atom. The van der Waals surface area contributed by atoms with Gasteiger partial charge in [-0.2, -0.15) is 0 Å². The zero-order valence-corrected chi connectivity index (χ0v) is 13.6. The summed E-state index contributed by atoms with van der Waals surface area (Å²) < 4.78 is 7.30. The van der Waals surface area contributed by atoms with Crippen molar-refractivity contribution in [2.75, 3.05) is 18.2 Å². The number of aryl methyl sites for hydroxylation is 2. The lowest BCUT2D eigenvalue weighted by atomic mass is 10.1. The fourth-order valence-corrected chi connectivity index (χ4v) is 4.08. The van der Waals surface area contributed by atoms with Gasteiger partial charge in [-0.15, -0.1) is 21.5 Å². The van der Waals surface area contributed by atoms with Gasteiger partial charge >= 0.3 is 0 Å². The van der Waals surface area contributed by atoms with E-state index in [0.717, 1.165) is 54.7 Å². The minimum Gasteiger partial charge on any atom is -0.370 e. The maximum atomic E-state index is 6.10.